The number of guanidine groups is 1. The van der Waals surface area contributed by atoms with E-state index in [-0.39, 0.29) is 0 Å². The smallest absolute Gasteiger partial charge is 0.191 e. The van der Waals surface area contributed by atoms with Crippen LogP contribution in [0.4, 0.5) is 0 Å². The first-order chi connectivity index (χ1) is 12.7. The highest BCUT2D eigenvalue weighted by atomic mass is 32.2. The average molecular weight is 381 g/mol. The SMILES string of the molecule is CN=C(NCCS(=O)c1ccccc1)NC1CCN(CCCOC)CC1. The predicted octanol–water partition coefficient (Wildman–Crippen LogP) is 1.46. The molecule has 0 bridgehead atoms. The molecule has 1 aliphatic rings. The number of rotatable bonds is 9. The Morgan fingerprint density at radius 3 is 2.69 bits per heavy atom. The van der Waals surface area contributed by atoms with Crippen molar-refractivity contribution in [3.05, 3.63) is 30.3 Å². The summed E-state index contributed by atoms with van der Waals surface area (Å²) in [5, 5.41) is 6.78. The summed E-state index contributed by atoms with van der Waals surface area (Å²) < 4.78 is 17.4. The van der Waals surface area contributed by atoms with Gasteiger partial charge in [-0.15, -0.1) is 0 Å². The van der Waals surface area contributed by atoms with E-state index in [0.717, 1.165) is 56.4 Å². The molecule has 1 fully saturated rings. The Hall–Kier alpha value is -1.44. The van der Waals surface area contributed by atoms with E-state index in [9.17, 15) is 4.21 Å². The van der Waals surface area contributed by atoms with Gasteiger partial charge in [0.2, 0.25) is 0 Å². The number of methoxy groups -OCH3 is 1. The second kappa shape index (κ2) is 12.0. The van der Waals surface area contributed by atoms with Crippen molar-refractivity contribution >= 4 is 16.8 Å². The molecule has 1 aliphatic heterocycles. The second-order valence-corrected chi connectivity index (χ2v) is 8.04. The fourth-order valence-electron chi connectivity index (χ4n) is 3.07. The fraction of sp³-hybridized carbons (Fsp3) is 0.632. The topological polar surface area (TPSA) is 66.0 Å². The van der Waals surface area contributed by atoms with Crippen LogP contribution in [0.15, 0.2) is 40.2 Å². The number of hydrogen-bond acceptors (Lipinski definition) is 4. The van der Waals surface area contributed by atoms with E-state index in [1.165, 1.54) is 0 Å². The Morgan fingerprint density at radius 1 is 1.31 bits per heavy atom. The van der Waals surface area contributed by atoms with Gasteiger partial charge in [-0.3, -0.25) is 9.20 Å². The minimum atomic E-state index is -0.980. The first-order valence-electron chi connectivity index (χ1n) is 9.35. The molecule has 6 nitrogen and oxygen atoms in total. The van der Waals surface area contributed by atoms with Crippen molar-refractivity contribution in [3.63, 3.8) is 0 Å². The van der Waals surface area contributed by atoms with Crippen molar-refractivity contribution in [1.82, 2.24) is 15.5 Å². The maximum atomic E-state index is 12.2. The normalized spacial score (nSPS) is 17.8. The zero-order chi connectivity index (χ0) is 18.6. The minimum Gasteiger partial charge on any atom is -0.385 e. The van der Waals surface area contributed by atoms with Crippen molar-refractivity contribution in [2.24, 2.45) is 4.99 Å². The molecule has 1 unspecified atom stereocenters. The Labute approximate surface area is 159 Å². The molecule has 2 rings (SSSR count). The lowest BCUT2D eigenvalue weighted by molar-refractivity contribution is 0.155. The Kier molecular flexibility index (Phi) is 9.66. The van der Waals surface area contributed by atoms with Gasteiger partial charge in [0.15, 0.2) is 5.96 Å². The molecule has 0 saturated carbocycles. The number of aliphatic imine (C=N–C) groups is 1. The lowest BCUT2D eigenvalue weighted by atomic mass is 10.1. The van der Waals surface area contributed by atoms with Gasteiger partial charge in [0.05, 0.1) is 10.8 Å². The summed E-state index contributed by atoms with van der Waals surface area (Å²) in [4.78, 5) is 7.67. The van der Waals surface area contributed by atoms with Gasteiger partial charge in [-0.05, 0) is 31.4 Å². The number of piperidine rings is 1. The molecule has 0 spiro atoms. The first-order valence-corrected chi connectivity index (χ1v) is 10.7. The van der Waals surface area contributed by atoms with Gasteiger partial charge in [0.1, 0.15) is 0 Å². The summed E-state index contributed by atoms with van der Waals surface area (Å²) in [6.07, 6.45) is 3.32. The van der Waals surface area contributed by atoms with E-state index in [0.29, 0.717) is 18.3 Å². The van der Waals surface area contributed by atoms with E-state index in [1.54, 1.807) is 14.2 Å². The Morgan fingerprint density at radius 2 is 2.04 bits per heavy atom. The molecular formula is C19H32N4O2S. The number of nitrogens with one attached hydrogen (secondary N) is 2. The van der Waals surface area contributed by atoms with Gasteiger partial charge in [0, 0.05) is 63.6 Å². The third kappa shape index (κ3) is 7.43. The molecule has 26 heavy (non-hydrogen) atoms. The molecule has 2 N–H and O–H groups in total. The van der Waals surface area contributed by atoms with E-state index in [2.05, 4.69) is 20.5 Å². The molecule has 1 aromatic rings. The maximum absolute atomic E-state index is 12.2. The first kappa shape index (κ1) is 20.9. The van der Waals surface area contributed by atoms with Crippen LogP contribution in [0.1, 0.15) is 19.3 Å². The largest absolute Gasteiger partial charge is 0.385 e. The lowest BCUT2D eigenvalue weighted by Gasteiger charge is -2.33. The molecule has 146 valence electrons. The van der Waals surface area contributed by atoms with E-state index in [1.807, 2.05) is 30.3 Å². The summed E-state index contributed by atoms with van der Waals surface area (Å²) in [5.74, 6) is 1.37. The van der Waals surface area contributed by atoms with Crippen molar-refractivity contribution < 1.29 is 8.95 Å². The summed E-state index contributed by atoms with van der Waals surface area (Å²) in [6, 6.07) is 10.0. The Bertz CT molecular complexity index is 560. The zero-order valence-corrected chi connectivity index (χ0v) is 16.8. The van der Waals surface area contributed by atoms with Crippen LogP contribution in [0, 0.1) is 0 Å². The van der Waals surface area contributed by atoms with Gasteiger partial charge < -0.3 is 20.3 Å². The van der Waals surface area contributed by atoms with Crippen LogP contribution in [-0.2, 0) is 15.5 Å². The third-order valence-corrected chi connectivity index (χ3v) is 5.93. The van der Waals surface area contributed by atoms with Crippen LogP contribution in [0.25, 0.3) is 0 Å². The quantitative estimate of drug-likeness (QED) is 0.386. The molecular weight excluding hydrogens is 348 g/mol. The molecule has 0 aliphatic carbocycles. The molecule has 0 amide bonds. The number of likely N-dealkylation sites (tertiary alicyclic amines) is 1. The van der Waals surface area contributed by atoms with Gasteiger partial charge in [-0.1, -0.05) is 18.2 Å². The summed E-state index contributed by atoms with van der Waals surface area (Å²) >= 11 is 0. The number of benzene rings is 1. The molecule has 7 heteroatoms. The molecule has 1 heterocycles. The van der Waals surface area contributed by atoms with Crippen LogP contribution in [-0.4, -0.2) is 73.8 Å². The monoisotopic (exact) mass is 380 g/mol. The van der Waals surface area contributed by atoms with Crippen molar-refractivity contribution in [1.29, 1.82) is 0 Å². The standard InChI is InChI=1S/C19H32N4O2S/c1-20-19(21-11-16-26(24)18-7-4-3-5-8-18)22-17-9-13-23(14-10-17)12-6-15-25-2/h3-5,7-8,17H,6,9-16H2,1-2H3,(H2,20,21,22). The molecule has 1 atom stereocenters. The number of nitrogens with zero attached hydrogens (tertiary/aromatic N) is 2. The lowest BCUT2D eigenvalue weighted by Crippen LogP contribution is -2.49. The van der Waals surface area contributed by atoms with Crippen molar-refractivity contribution in [2.75, 3.05) is 52.7 Å². The van der Waals surface area contributed by atoms with Crippen LogP contribution in [0.3, 0.4) is 0 Å². The van der Waals surface area contributed by atoms with Crippen molar-refractivity contribution in [3.8, 4) is 0 Å². The predicted molar refractivity (Wildman–Crippen MR) is 108 cm³/mol. The van der Waals surface area contributed by atoms with Crippen LogP contribution >= 0.6 is 0 Å². The van der Waals surface area contributed by atoms with Gasteiger partial charge in [-0.2, -0.15) is 0 Å². The van der Waals surface area contributed by atoms with Crippen LogP contribution < -0.4 is 10.6 Å². The fourth-order valence-corrected chi connectivity index (χ4v) is 4.06. The minimum absolute atomic E-state index is 0.444. The van der Waals surface area contributed by atoms with Gasteiger partial charge in [-0.25, -0.2) is 0 Å². The summed E-state index contributed by atoms with van der Waals surface area (Å²) in [7, 11) is 2.56. The van der Waals surface area contributed by atoms with Crippen molar-refractivity contribution in [2.45, 2.75) is 30.2 Å². The molecule has 0 aromatic heterocycles. The molecule has 0 radical (unpaired) electrons. The molecule has 1 saturated heterocycles. The van der Waals surface area contributed by atoms with E-state index in [4.69, 9.17) is 4.74 Å². The van der Waals surface area contributed by atoms with E-state index >= 15 is 0 Å². The summed E-state index contributed by atoms with van der Waals surface area (Å²) in [6.45, 7) is 4.79. The van der Waals surface area contributed by atoms with Crippen LogP contribution in [0.5, 0.6) is 0 Å². The van der Waals surface area contributed by atoms with Gasteiger partial charge in [0.25, 0.3) is 0 Å². The highest BCUT2D eigenvalue weighted by Crippen LogP contribution is 2.10. The van der Waals surface area contributed by atoms with Crippen LogP contribution in [0.2, 0.25) is 0 Å². The number of ether oxygens (including phenoxy) is 1. The average Bonchev–Trinajstić information content (AvgIpc) is 2.69. The third-order valence-electron chi connectivity index (χ3n) is 4.56. The highest BCUT2D eigenvalue weighted by molar-refractivity contribution is 7.85. The Balaban J connectivity index is 1.64. The highest BCUT2D eigenvalue weighted by Gasteiger charge is 2.19. The number of hydrogen-bond donors (Lipinski definition) is 2. The molecule has 1 aromatic carbocycles. The maximum Gasteiger partial charge on any atom is 0.191 e. The summed E-state index contributed by atoms with van der Waals surface area (Å²) in [5.41, 5.74) is 0. The second-order valence-electron chi connectivity index (χ2n) is 6.47. The van der Waals surface area contributed by atoms with E-state index < -0.39 is 10.8 Å². The zero-order valence-electron chi connectivity index (χ0n) is 15.9. The van der Waals surface area contributed by atoms with Gasteiger partial charge >= 0.3 is 0 Å².